The molecule has 0 aromatic heterocycles. The number of carbonyl (C=O) groups is 4. The average Bonchev–Trinajstić information content (AvgIpc) is 2.83. The quantitative estimate of drug-likeness (QED) is 0.0829. The number of halogens is 2. The Labute approximate surface area is 237 Å². The summed E-state index contributed by atoms with van der Waals surface area (Å²) >= 11 is 0. The molecule has 2 rings (SSSR count). The minimum absolute atomic E-state index is 0. The van der Waals surface area contributed by atoms with Crippen LogP contribution in [0.4, 0.5) is 8.78 Å². The van der Waals surface area contributed by atoms with Crippen molar-refractivity contribution in [2.24, 2.45) is 11.8 Å². The minimum Gasteiger partial charge on any atom is -0.870 e. The molecule has 4 unspecified atom stereocenters. The summed E-state index contributed by atoms with van der Waals surface area (Å²) in [4.78, 5) is 42.9. The van der Waals surface area contributed by atoms with Crippen molar-refractivity contribution < 1.29 is 112 Å². The predicted molar refractivity (Wildman–Crippen MR) is 110 cm³/mol. The van der Waals surface area contributed by atoms with Crippen molar-refractivity contribution in [2.45, 2.75) is 63.2 Å². The molecule has 216 valence electrons. The summed E-state index contributed by atoms with van der Waals surface area (Å²) in [7, 11) is 0. The largest absolute Gasteiger partial charge is 1.00 e. The third kappa shape index (κ3) is 11.7. The van der Waals surface area contributed by atoms with E-state index in [9.17, 15) is 28.0 Å². The fourth-order valence-electron chi connectivity index (χ4n) is 3.49. The number of alkyl halides is 2. The molecular formula is C20H31F2NaO15. The van der Waals surface area contributed by atoms with E-state index in [1.165, 1.54) is 6.92 Å². The van der Waals surface area contributed by atoms with Gasteiger partial charge in [0.2, 0.25) is 6.29 Å². The number of esters is 2. The molecule has 0 spiro atoms. The monoisotopic (exact) mass is 570 g/mol. The molecule has 0 saturated carbocycles. The molecule has 15 nitrogen and oxygen atoms in total. The number of ether oxygens (including phenoxy) is 6. The van der Waals surface area contributed by atoms with E-state index < -0.39 is 79.7 Å². The molecule has 18 heteroatoms. The van der Waals surface area contributed by atoms with Gasteiger partial charge in [-0.05, 0) is 0 Å². The van der Waals surface area contributed by atoms with Gasteiger partial charge < -0.3 is 54.3 Å². The molecule has 38 heavy (non-hydrogen) atoms. The molecule has 0 aliphatic carbocycles. The minimum atomic E-state index is -2.04. The van der Waals surface area contributed by atoms with Gasteiger partial charge in [0.05, 0.1) is 19.8 Å². The molecule has 2 aliphatic heterocycles. The van der Waals surface area contributed by atoms with E-state index in [4.69, 9.17) is 34.6 Å². The van der Waals surface area contributed by atoms with Crippen molar-refractivity contribution in [1.82, 2.24) is 0 Å². The smallest absolute Gasteiger partial charge is 0.870 e. The van der Waals surface area contributed by atoms with Gasteiger partial charge in [0.25, 0.3) is 12.9 Å². The van der Waals surface area contributed by atoms with E-state index in [-0.39, 0.29) is 67.8 Å². The standard InChI is InChI=1S/C14H19FO9.C6H11FO5.Na.H2O/c1-8(18)22-5-12-10(3-20-6-16)11(4-21-7-17)13(15)14(24-12)23-9(2)19;7-3-5(10)4(9)2(1-8)12-6(3)11;;/h6-7,10-14H,3-5H2,1-2H3;2-6,8-11H,1H2;;1H2/q;;+1;/p-1/t10-,11-,12?,13?,14+;2?,3?,4-,5-,6-;;/m01../s1/i15-1;7-1;;. The van der Waals surface area contributed by atoms with E-state index in [2.05, 4.69) is 14.2 Å². The van der Waals surface area contributed by atoms with E-state index in [0.29, 0.717) is 0 Å². The van der Waals surface area contributed by atoms with Crippen LogP contribution in [-0.2, 0) is 47.6 Å². The van der Waals surface area contributed by atoms with Crippen molar-refractivity contribution in [2.75, 3.05) is 26.4 Å². The summed E-state index contributed by atoms with van der Waals surface area (Å²) in [6.45, 7) is 1.11. The first-order valence-electron chi connectivity index (χ1n) is 10.6. The normalized spacial score (nSPS) is 34.0. The van der Waals surface area contributed by atoms with Crippen LogP contribution in [-0.4, -0.2) is 127 Å². The molecule has 2 aliphatic rings. The molecule has 0 aromatic carbocycles. The first-order valence-corrected chi connectivity index (χ1v) is 10.6. The second-order valence-electron chi connectivity index (χ2n) is 7.76. The zero-order valence-corrected chi connectivity index (χ0v) is 22.8. The molecular weight excluding hydrogens is 539 g/mol. The third-order valence-electron chi connectivity index (χ3n) is 5.28. The van der Waals surface area contributed by atoms with E-state index in [1.54, 1.807) is 0 Å². The van der Waals surface area contributed by atoms with Crippen LogP contribution in [0.3, 0.4) is 0 Å². The summed E-state index contributed by atoms with van der Waals surface area (Å²) in [6.07, 6.45) is -12.5. The molecule has 0 radical (unpaired) electrons. The van der Waals surface area contributed by atoms with Gasteiger partial charge in [-0.15, -0.1) is 0 Å². The molecule has 2 saturated heterocycles. The van der Waals surface area contributed by atoms with Crippen LogP contribution in [0.2, 0.25) is 0 Å². The van der Waals surface area contributed by atoms with E-state index >= 15 is 0 Å². The molecule has 0 bridgehead atoms. The number of hydrogen-bond donors (Lipinski definition) is 4. The van der Waals surface area contributed by atoms with Crippen molar-refractivity contribution in [3.05, 3.63) is 0 Å². The second-order valence-corrected chi connectivity index (χ2v) is 7.76. The number of rotatable bonds is 10. The molecule has 10 atom stereocenters. The Kier molecular flexibility index (Phi) is 19.8. The topological polar surface area (TPSA) is 235 Å². The van der Waals surface area contributed by atoms with Crippen molar-refractivity contribution in [3.8, 4) is 0 Å². The Morgan fingerprint density at radius 3 is 1.87 bits per heavy atom. The summed E-state index contributed by atoms with van der Waals surface area (Å²) < 4.78 is 56.0. The van der Waals surface area contributed by atoms with Crippen LogP contribution in [0.5, 0.6) is 0 Å². The van der Waals surface area contributed by atoms with Gasteiger partial charge in [0.15, 0.2) is 18.6 Å². The summed E-state index contributed by atoms with van der Waals surface area (Å²) in [6, 6.07) is 0. The maximum absolute atomic E-state index is 14.6. The summed E-state index contributed by atoms with van der Waals surface area (Å²) in [5, 5.41) is 35.3. The van der Waals surface area contributed by atoms with E-state index in [1.807, 2.05) is 0 Å². The first kappa shape index (κ1) is 38.6. The van der Waals surface area contributed by atoms with E-state index in [0.717, 1.165) is 6.92 Å². The van der Waals surface area contributed by atoms with Crippen molar-refractivity contribution >= 4 is 24.9 Å². The molecule has 5 N–H and O–H groups in total. The van der Waals surface area contributed by atoms with Gasteiger partial charge in [-0.2, -0.15) is 0 Å². The predicted octanol–water partition coefficient (Wildman–Crippen LogP) is -5.66. The maximum atomic E-state index is 14.6. The number of aliphatic hydroxyl groups is 4. The number of hydrogen-bond acceptors (Lipinski definition) is 15. The fourth-order valence-corrected chi connectivity index (χ4v) is 3.49. The number of carbonyl (C=O) groups excluding carboxylic acids is 4. The molecule has 2 heterocycles. The Hall–Kier alpha value is -1.54. The van der Waals surface area contributed by atoms with Crippen LogP contribution in [0.1, 0.15) is 13.8 Å². The average molecular weight is 570 g/mol. The van der Waals surface area contributed by atoms with Crippen LogP contribution in [0.15, 0.2) is 0 Å². The van der Waals surface area contributed by atoms with Gasteiger partial charge in [0.1, 0.15) is 31.0 Å². The van der Waals surface area contributed by atoms with Crippen molar-refractivity contribution in [1.29, 1.82) is 0 Å². The van der Waals surface area contributed by atoms with Crippen LogP contribution in [0, 0.1) is 11.8 Å². The third-order valence-corrected chi connectivity index (χ3v) is 5.28. The molecule has 2 fully saturated rings. The van der Waals surface area contributed by atoms with Crippen LogP contribution >= 0.6 is 0 Å². The first-order chi connectivity index (χ1) is 17.0. The van der Waals surface area contributed by atoms with Crippen LogP contribution in [0.25, 0.3) is 0 Å². The van der Waals surface area contributed by atoms with Gasteiger partial charge in [-0.3, -0.25) is 19.2 Å². The molecule has 0 aromatic rings. The zero-order chi connectivity index (χ0) is 27.4. The second kappa shape index (κ2) is 19.5. The Morgan fingerprint density at radius 2 is 1.39 bits per heavy atom. The van der Waals surface area contributed by atoms with Gasteiger partial charge >= 0.3 is 41.5 Å². The number of aliphatic hydroxyl groups excluding tert-OH is 4. The SMILES string of the molecule is CC(=O)OCC1O[C@@H](OC(C)=O)C([18F])[C@@H](COC=O)[C@@H]1COC=O.OCC1O[C@@H](O)C([18F])[C@@H](O)[C@@H]1O.[Na+].[OH-]. The zero-order valence-electron chi connectivity index (χ0n) is 20.8. The van der Waals surface area contributed by atoms with Gasteiger partial charge in [-0.25, -0.2) is 8.78 Å². The van der Waals surface area contributed by atoms with Gasteiger partial charge in [0, 0.05) is 25.7 Å². The van der Waals surface area contributed by atoms with Crippen molar-refractivity contribution in [3.63, 3.8) is 0 Å². The molecule has 0 amide bonds. The summed E-state index contributed by atoms with van der Waals surface area (Å²) in [5.41, 5.74) is 0. The fraction of sp³-hybridized carbons (Fsp3) is 0.800. The maximum Gasteiger partial charge on any atom is 1.00 e. The Balaban J connectivity index is 0. The Bertz CT molecular complexity index is 703. The van der Waals surface area contributed by atoms with Crippen LogP contribution < -0.4 is 29.6 Å². The summed E-state index contributed by atoms with van der Waals surface area (Å²) in [5.74, 6) is -3.14. The van der Waals surface area contributed by atoms with Gasteiger partial charge in [-0.1, -0.05) is 0 Å². The Morgan fingerprint density at radius 1 is 0.842 bits per heavy atom.